The zero-order valence-electron chi connectivity index (χ0n) is 10.5. The second-order valence-corrected chi connectivity index (χ2v) is 4.71. The van der Waals surface area contributed by atoms with Crippen molar-refractivity contribution in [1.82, 2.24) is 5.32 Å². The van der Waals surface area contributed by atoms with E-state index in [1.165, 1.54) is 12.1 Å². The molecule has 0 bridgehead atoms. The summed E-state index contributed by atoms with van der Waals surface area (Å²) in [6, 6.07) is 6.13. The Kier molecular flexibility index (Phi) is 4.31. The lowest BCUT2D eigenvalue weighted by molar-refractivity contribution is -0.121. The summed E-state index contributed by atoms with van der Waals surface area (Å²) in [7, 11) is 0. The molecule has 98 valence electrons. The van der Waals surface area contributed by atoms with Crippen molar-refractivity contribution in [3.8, 4) is 0 Å². The van der Waals surface area contributed by atoms with Crippen LogP contribution in [0.3, 0.4) is 0 Å². The standard InChI is InChI=1S/C14H18FNO2/c1-10(13-6-3-7-18-13)16-14(17)9-11-4-2-5-12(15)8-11/h2,4-5,8,10,13H,3,6-7,9H2,1H3,(H,16,17). The number of carbonyl (C=O) groups excluding carboxylic acids is 1. The first kappa shape index (κ1) is 13.0. The summed E-state index contributed by atoms with van der Waals surface area (Å²) in [5, 5.41) is 2.90. The van der Waals surface area contributed by atoms with Gasteiger partial charge >= 0.3 is 0 Å². The van der Waals surface area contributed by atoms with Crippen LogP contribution >= 0.6 is 0 Å². The SMILES string of the molecule is CC(NC(=O)Cc1cccc(F)c1)C1CCCO1. The molecule has 0 aliphatic carbocycles. The van der Waals surface area contributed by atoms with Crippen LogP contribution in [0.2, 0.25) is 0 Å². The normalized spacial score (nSPS) is 20.7. The van der Waals surface area contributed by atoms with Crippen molar-refractivity contribution in [1.29, 1.82) is 0 Å². The van der Waals surface area contributed by atoms with E-state index >= 15 is 0 Å². The molecule has 1 aliphatic rings. The van der Waals surface area contributed by atoms with Gasteiger partial charge in [0.25, 0.3) is 0 Å². The molecule has 1 aliphatic heterocycles. The minimum absolute atomic E-state index is 0.00793. The van der Waals surface area contributed by atoms with Crippen LogP contribution in [0.15, 0.2) is 24.3 Å². The molecule has 0 spiro atoms. The highest BCUT2D eigenvalue weighted by Crippen LogP contribution is 2.15. The van der Waals surface area contributed by atoms with E-state index in [-0.39, 0.29) is 30.3 Å². The Bertz CT molecular complexity index is 416. The van der Waals surface area contributed by atoms with Gasteiger partial charge in [-0.05, 0) is 37.5 Å². The van der Waals surface area contributed by atoms with Gasteiger partial charge in [0.2, 0.25) is 5.91 Å². The lowest BCUT2D eigenvalue weighted by Crippen LogP contribution is -2.41. The summed E-state index contributed by atoms with van der Waals surface area (Å²) in [6.07, 6.45) is 2.35. The molecule has 1 saturated heterocycles. The maximum Gasteiger partial charge on any atom is 0.224 e. The van der Waals surface area contributed by atoms with E-state index in [1.807, 2.05) is 6.92 Å². The minimum Gasteiger partial charge on any atom is -0.376 e. The summed E-state index contributed by atoms with van der Waals surface area (Å²) in [6.45, 7) is 2.72. The number of amides is 1. The Labute approximate surface area is 106 Å². The van der Waals surface area contributed by atoms with E-state index in [1.54, 1.807) is 12.1 Å². The van der Waals surface area contributed by atoms with Crippen molar-refractivity contribution in [2.24, 2.45) is 0 Å². The third kappa shape index (κ3) is 3.53. The molecule has 0 saturated carbocycles. The zero-order valence-corrected chi connectivity index (χ0v) is 10.5. The number of carbonyl (C=O) groups is 1. The van der Waals surface area contributed by atoms with Gasteiger partial charge in [-0.15, -0.1) is 0 Å². The van der Waals surface area contributed by atoms with Gasteiger partial charge in [-0.2, -0.15) is 0 Å². The van der Waals surface area contributed by atoms with Crippen LogP contribution in [0.4, 0.5) is 4.39 Å². The molecule has 4 heteroatoms. The Morgan fingerprint density at radius 3 is 3.11 bits per heavy atom. The molecule has 3 nitrogen and oxygen atoms in total. The van der Waals surface area contributed by atoms with E-state index in [0.717, 1.165) is 19.4 Å². The fourth-order valence-electron chi connectivity index (χ4n) is 2.23. The molecule has 0 radical (unpaired) electrons. The molecule has 1 N–H and O–H groups in total. The first-order valence-electron chi connectivity index (χ1n) is 6.30. The zero-order chi connectivity index (χ0) is 13.0. The van der Waals surface area contributed by atoms with Gasteiger partial charge < -0.3 is 10.1 Å². The van der Waals surface area contributed by atoms with Crippen LogP contribution in [0.5, 0.6) is 0 Å². The van der Waals surface area contributed by atoms with Crippen LogP contribution in [0, 0.1) is 5.82 Å². The van der Waals surface area contributed by atoms with Crippen molar-refractivity contribution < 1.29 is 13.9 Å². The number of rotatable bonds is 4. The number of nitrogens with one attached hydrogen (secondary N) is 1. The second-order valence-electron chi connectivity index (χ2n) is 4.71. The Balaban J connectivity index is 1.84. The molecular weight excluding hydrogens is 233 g/mol. The fourth-order valence-corrected chi connectivity index (χ4v) is 2.23. The number of halogens is 1. The molecule has 1 aromatic rings. The van der Waals surface area contributed by atoms with Crippen LogP contribution in [-0.4, -0.2) is 24.7 Å². The first-order chi connectivity index (χ1) is 8.65. The van der Waals surface area contributed by atoms with Crippen molar-refractivity contribution >= 4 is 5.91 Å². The lowest BCUT2D eigenvalue weighted by atomic mass is 10.1. The summed E-state index contributed by atoms with van der Waals surface area (Å²) < 4.78 is 18.5. The van der Waals surface area contributed by atoms with E-state index in [0.29, 0.717) is 5.56 Å². The summed E-state index contributed by atoms with van der Waals surface area (Å²) in [5.74, 6) is -0.406. The Hall–Kier alpha value is -1.42. The maximum absolute atomic E-state index is 13.0. The average Bonchev–Trinajstić information content (AvgIpc) is 2.81. The molecular formula is C14H18FNO2. The second kappa shape index (κ2) is 5.96. The van der Waals surface area contributed by atoms with Gasteiger partial charge in [0.15, 0.2) is 0 Å². The highest BCUT2D eigenvalue weighted by Gasteiger charge is 2.23. The minimum atomic E-state index is -0.313. The van der Waals surface area contributed by atoms with Gasteiger partial charge in [-0.3, -0.25) is 4.79 Å². The third-order valence-corrected chi connectivity index (χ3v) is 3.16. The average molecular weight is 251 g/mol. The molecule has 0 aromatic heterocycles. The van der Waals surface area contributed by atoms with E-state index < -0.39 is 0 Å². The van der Waals surface area contributed by atoms with Crippen molar-refractivity contribution in [2.75, 3.05) is 6.61 Å². The molecule has 2 atom stereocenters. The van der Waals surface area contributed by atoms with E-state index in [9.17, 15) is 9.18 Å². The van der Waals surface area contributed by atoms with E-state index in [4.69, 9.17) is 4.74 Å². The largest absolute Gasteiger partial charge is 0.376 e. The Morgan fingerprint density at radius 1 is 1.61 bits per heavy atom. The van der Waals surface area contributed by atoms with Gasteiger partial charge in [0, 0.05) is 6.61 Å². The lowest BCUT2D eigenvalue weighted by Gasteiger charge is -2.19. The van der Waals surface area contributed by atoms with Crippen LogP contribution in [0.25, 0.3) is 0 Å². The number of benzene rings is 1. The van der Waals surface area contributed by atoms with Crippen LogP contribution in [-0.2, 0) is 16.0 Å². The van der Waals surface area contributed by atoms with Crippen LogP contribution < -0.4 is 5.32 Å². The maximum atomic E-state index is 13.0. The molecule has 2 unspecified atom stereocenters. The van der Waals surface area contributed by atoms with Crippen molar-refractivity contribution in [2.45, 2.75) is 38.3 Å². The predicted octanol–water partition coefficient (Wildman–Crippen LogP) is 2.05. The molecule has 1 fully saturated rings. The summed E-state index contributed by atoms with van der Waals surface area (Å²) in [5.41, 5.74) is 0.687. The Morgan fingerprint density at radius 2 is 2.44 bits per heavy atom. The smallest absolute Gasteiger partial charge is 0.224 e. The van der Waals surface area contributed by atoms with Crippen molar-refractivity contribution in [3.05, 3.63) is 35.6 Å². The van der Waals surface area contributed by atoms with Gasteiger partial charge in [0.05, 0.1) is 18.6 Å². The van der Waals surface area contributed by atoms with Crippen molar-refractivity contribution in [3.63, 3.8) is 0 Å². The quantitative estimate of drug-likeness (QED) is 0.889. The highest BCUT2D eigenvalue weighted by atomic mass is 19.1. The van der Waals surface area contributed by atoms with Gasteiger partial charge in [0.1, 0.15) is 5.82 Å². The number of hydrogen-bond donors (Lipinski definition) is 1. The van der Waals surface area contributed by atoms with Gasteiger partial charge in [-0.1, -0.05) is 12.1 Å². The highest BCUT2D eigenvalue weighted by molar-refractivity contribution is 5.78. The number of hydrogen-bond acceptors (Lipinski definition) is 2. The molecule has 1 aromatic carbocycles. The van der Waals surface area contributed by atoms with E-state index in [2.05, 4.69) is 5.32 Å². The third-order valence-electron chi connectivity index (χ3n) is 3.16. The van der Waals surface area contributed by atoms with Gasteiger partial charge in [-0.25, -0.2) is 4.39 Å². The fraction of sp³-hybridized carbons (Fsp3) is 0.500. The molecule has 1 amide bonds. The monoisotopic (exact) mass is 251 g/mol. The number of ether oxygens (including phenoxy) is 1. The molecule has 18 heavy (non-hydrogen) atoms. The molecule has 1 heterocycles. The predicted molar refractivity (Wildman–Crippen MR) is 66.7 cm³/mol. The molecule has 2 rings (SSSR count). The summed E-state index contributed by atoms with van der Waals surface area (Å²) >= 11 is 0. The first-order valence-corrected chi connectivity index (χ1v) is 6.30. The topological polar surface area (TPSA) is 38.3 Å². The van der Waals surface area contributed by atoms with Crippen LogP contribution in [0.1, 0.15) is 25.3 Å². The summed E-state index contributed by atoms with van der Waals surface area (Å²) in [4.78, 5) is 11.8.